The van der Waals surface area contributed by atoms with E-state index in [1.165, 1.54) is 0 Å². The van der Waals surface area contributed by atoms with Crippen LogP contribution >= 0.6 is 11.6 Å². The highest BCUT2D eigenvalue weighted by Crippen LogP contribution is 2.28. The van der Waals surface area contributed by atoms with E-state index in [4.69, 9.17) is 16.3 Å². The van der Waals surface area contributed by atoms with Gasteiger partial charge in [0.1, 0.15) is 11.6 Å². The van der Waals surface area contributed by atoms with Gasteiger partial charge in [0.25, 0.3) is 0 Å². The van der Waals surface area contributed by atoms with Crippen LogP contribution in [0.2, 0.25) is 5.02 Å². The van der Waals surface area contributed by atoms with Gasteiger partial charge in [-0.15, -0.1) is 0 Å². The minimum Gasteiger partial charge on any atom is -0.495 e. The Morgan fingerprint density at radius 2 is 2.00 bits per heavy atom. The van der Waals surface area contributed by atoms with Crippen molar-refractivity contribution < 1.29 is 4.74 Å². The van der Waals surface area contributed by atoms with Gasteiger partial charge in [0, 0.05) is 24.0 Å². The minimum atomic E-state index is 0.535. The third kappa shape index (κ3) is 4.49. The zero-order valence-electron chi connectivity index (χ0n) is 13.3. The molecular formula is C16H21ClN4O. The van der Waals surface area contributed by atoms with Crippen LogP contribution in [-0.2, 0) is 0 Å². The van der Waals surface area contributed by atoms with E-state index in [2.05, 4.69) is 34.4 Å². The van der Waals surface area contributed by atoms with Crippen LogP contribution in [0, 0.1) is 12.8 Å². The summed E-state index contributed by atoms with van der Waals surface area (Å²) in [7, 11) is 1.59. The predicted molar refractivity (Wildman–Crippen MR) is 91.4 cm³/mol. The number of halogens is 1. The molecule has 0 saturated carbocycles. The highest BCUT2D eigenvalue weighted by Gasteiger charge is 2.06. The van der Waals surface area contributed by atoms with Crippen LogP contribution in [0.4, 0.5) is 17.5 Å². The van der Waals surface area contributed by atoms with Gasteiger partial charge in [-0.2, -0.15) is 4.98 Å². The van der Waals surface area contributed by atoms with E-state index in [9.17, 15) is 0 Å². The Balaban J connectivity index is 2.16. The molecule has 1 aromatic carbocycles. The molecule has 1 heterocycles. The number of benzene rings is 1. The summed E-state index contributed by atoms with van der Waals surface area (Å²) in [6, 6.07) is 7.39. The normalized spacial score (nSPS) is 10.6. The summed E-state index contributed by atoms with van der Waals surface area (Å²) in [5.41, 5.74) is 1.70. The molecule has 22 heavy (non-hydrogen) atoms. The number of hydrogen-bond donors (Lipinski definition) is 2. The van der Waals surface area contributed by atoms with Crippen molar-refractivity contribution in [2.24, 2.45) is 5.92 Å². The highest BCUT2D eigenvalue weighted by molar-refractivity contribution is 6.32. The van der Waals surface area contributed by atoms with E-state index in [0.717, 1.165) is 23.7 Å². The van der Waals surface area contributed by atoms with Crippen LogP contribution in [0.3, 0.4) is 0 Å². The van der Waals surface area contributed by atoms with Gasteiger partial charge in [-0.05, 0) is 31.0 Å². The molecule has 0 aliphatic rings. The molecule has 5 nitrogen and oxygen atoms in total. The Morgan fingerprint density at radius 3 is 2.64 bits per heavy atom. The van der Waals surface area contributed by atoms with Crippen molar-refractivity contribution in [3.05, 3.63) is 35.0 Å². The number of methoxy groups -OCH3 is 1. The Kier molecular flexibility index (Phi) is 5.44. The summed E-state index contributed by atoms with van der Waals surface area (Å²) < 4.78 is 5.14. The molecule has 2 rings (SSSR count). The van der Waals surface area contributed by atoms with Crippen molar-refractivity contribution in [2.45, 2.75) is 20.8 Å². The average molecular weight is 321 g/mol. The van der Waals surface area contributed by atoms with Gasteiger partial charge in [0.05, 0.1) is 12.1 Å². The Morgan fingerprint density at radius 1 is 1.23 bits per heavy atom. The molecule has 0 amide bonds. The second kappa shape index (κ2) is 7.31. The van der Waals surface area contributed by atoms with Gasteiger partial charge in [-0.3, -0.25) is 0 Å². The molecule has 0 aliphatic heterocycles. The summed E-state index contributed by atoms with van der Waals surface area (Å²) in [4.78, 5) is 8.86. The molecule has 0 atom stereocenters. The number of rotatable bonds is 6. The van der Waals surface area contributed by atoms with Crippen LogP contribution < -0.4 is 15.4 Å². The molecule has 0 fully saturated rings. The summed E-state index contributed by atoms with van der Waals surface area (Å²) in [6.45, 7) is 7.11. The number of anilines is 3. The lowest BCUT2D eigenvalue weighted by molar-refractivity contribution is 0.415. The maximum atomic E-state index is 6.12. The SMILES string of the molecule is COc1ccc(Nc2nc(C)cc(NCC(C)C)n2)cc1Cl. The number of nitrogens with zero attached hydrogens (tertiary/aromatic N) is 2. The van der Waals surface area contributed by atoms with Crippen molar-refractivity contribution in [3.8, 4) is 5.75 Å². The quantitative estimate of drug-likeness (QED) is 0.833. The first-order chi connectivity index (χ1) is 10.5. The third-order valence-corrected chi connectivity index (χ3v) is 3.25. The van der Waals surface area contributed by atoms with Crippen molar-refractivity contribution in [2.75, 3.05) is 24.3 Å². The second-order valence-corrected chi connectivity index (χ2v) is 5.87. The van der Waals surface area contributed by atoms with Gasteiger partial charge in [-0.25, -0.2) is 4.98 Å². The van der Waals surface area contributed by atoms with Crippen LogP contribution in [0.15, 0.2) is 24.3 Å². The molecule has 0 radical (unpaired) electrons. The molecule has 1 aromatic heterocycles. The summed E-state index contributed by atoms with van der Waals surface area (Å²) in [6.07, 6.45) is 0. The first-order valence-corrected chi connectivity index (χ1v) is 7.56. The Bertz CT molecular complexity index is 646. The van der Waals surface area contributed by atoms with Gasteiger partial charge in [-0.1, -0.05) is 25.4 Å². The summed E-state index contributed by atoms with van der Waals surface area (Å²) in [5.74, 6) is 2.53. The lowest BCUT2D eigenvalue weighted by Crippen LogP contribution is -2.10. The fourth-order valence-corrected chi connectivity index (χ4v) is 2.15. The van der Waals surface area contributed by atoms with E-state index in [1.54, 1.807) is 19.2 Å². The smallest absolute Gasteiger partial charge is 0.229 e. The average Bonchev–Trinajstić information content (AvgIpc) is 2.45. The van der Waals surface area contributed by atoms with E-state index in [1.807, 2.05) is 19.1 Å². The van der Waals surface area contributed by atoms with E-state index in [-0.39, 0.29) is 0 Å². The van der Waals surface area contributed by atoms with Crippen LogP contribution in [0.25, 0.3) is 0 Å². The van der Waals surface area contributed by atoms with Crippen LogP contribution in [-0.4, -0.2) is 23.6 Å². The third-order valence-electron chi connectivity index (χ3n) is 2.95. The molecule has 0 bridgehead atoms. The molecule has 0 spiro atoms. The number of aryl methyl sites for hydroxylation is 1. The number of ether oxygens (including phenoxy) is 1. The molecule has 0 unspecified atom stereocenters. The fourth-order valence-electron chi connectivity index (χ4n) is 1.90. The number of aromatic nitrogens is 2. The molecule has 2 aromatic rings. The van der Waals surface area contributed by atoms with Crippen molar-refractivity contribution >= 4 is 29.1 Å². The second-order valence-electron chi connectivity index (χ2n) is 5.47. The first kappa shape index (κ1) is 16.4. The van der Waals surface area contributed by atoms with Crippen molar-refractivity contribution in [1.82, 2.24) is 9.97 Å². The van der Waals surface area contributed by atoms with E-state index >= 15 is 0 Å². The highest BCUT2D eigenvalue weighted by atomic mass is 35.5. The Hall–Kier alpha value is -2.01. The van der Waals surface area contributed by atoms with Crippen molar-refractivity contribution in [3.63, 3.8) is 0 Å². The molecule has 0 saturated heterocycles. The van der Waals surface area contributed by atoms with Gasteiger partial charge in [0.2, 0.25) is 5.95 Å². The largest absolute Gasteiger partial charge is 0.495 e. The lowest BCUT2D eigenvalue weighted by atomic mass is 10.2. The minimum absolute atomic E-state index is 0.535. The zero-order chi connectivity index (χ0) is 16.1. The molecular weight excluding hydrogens is 300 g/mol. The lowest BCUT2D eigenvalue weighted by Gasteiger charge is -2.12. The molecule has 2 N–H and O–H groups in total. The summed E-state index contributed by atoms with van der Waals surface area (Å²) >= 11 is 6.12. The first-order valence-electron chi connectivity index (χ1n) is 7.18. The maximum Gasteiger partial charge on any atom is 0.229 e. The van der Waals surface area contributed by atoms with E-state index < -0.39 is 0 Å². The summed E-state index contributed by atoms with van der Waals surface area (Å²) in [5, 5.41) is 7.01. The predicted octanol–water partition coefficient (Wildman–Crippen LogP) is 4.26. The maximum absolute atomic E-state index is 6.12. The zero-order valence-corrected chi connectivity index (χ0v) is 14.0. The Labute approximate surface area is 136 Å². The van der Waals surface area contributed by atoms with E-state index in [0.29, 0.717) is 22.6 Å². The van der Waals surface area contributed by atoms with Gasteiger partial charge in [0.15, 0.2) is 0 Å². The van der Waals surface area contributed by atoms with Gasteiger partial charge < -0.3 is 15.4 Å². The molecule has 6 heteroatoms. The molecule has 0 aliphatic carbocycles. The number of hydrogen-bond acceptors (Lipinski definition) is 5. The van der Waals surface area contributed by atoms with Crippen LogP contribution in [0.1, 0.15) is 19.5 Å². The van der Waals surface area contributed by atoms with Gasteiger partial charge >= 0.3 is 0 Å². The standard InChI is InChI=1S/C16H21ClN4O/c1-10(2)9-18-15-7-11(3)19-16(21-15)20-12-5-6-14(22-4)13(17)8-12/h5-8,10H,9H2,1-4H3,(H2,18,19,20,21). The fraction of sp³-hybridized carbons (Fsp3) is 0.375. The monoisotopic (exact) mass is 320 g/mol. The van der Waals surface area contributed by atoms with Crippen LogP contribution in [0.5, 0.6) is 5.75 Å². The molecule has 118 valence electrons. The number of nitrogens with one attached hydrogen (secondary N) is 2. The van der Waals surface area contributed by atoms with Crippen molar-refractivity contribution in [1.29, 1.82) is 0 Å². The topological polar surface area (TPSA) is 59.1 Å².